The van der Waals surface area contributed by atoms with Crippen molar-refractivity contribution < 1.29 is 14.3 Å². The molecule has 0 saturated heterocycles. The number of rotatable bonds is 8. The van der Waals surface area contributed by atoms with Crippen molar-refractivity contribution in [3.63, 3.8) is 0 Å². The summed E-state index contributed by atoms with van der Waals surface area (Å²) in [6.07, 6.45) is 0. The largest absolute Gasteiger partial charge is 0.481 e. The fraction of sp³-hybridized carbons (Fsp3) is 0.462. The summed E-state index contributed by atoms with van der Waals surface area (Å²) >= 11 is 6.89. The first-order valence-corrected chi connectivity index (χ1v) is 7.68. The van der Waals surface area contributed by atoms with Crippen LogP contribution in [0.5, 0.6) is 5.75 Å². The van der Waals surface area contributed by atoms with Crippen LogP contribution in [-0.2, 0) is 16.1 Å². The van der Waals surface area contributed by atoms with Crippen LogP contribution in [-0.4, -0.2) is 39.8 Å². The predicted molar refractivity (Wildman–Crippen MR) is 85.0 cm³/mol. The lowest BCUT2D eigenvalue weighted by molar-refractivity contribution is -0.123. The molecule has 0 radical (unpaired) electrons. The lowest BCUT2D eigenvalue weighted by Crippen LogP contribution is -2.31. The van der Waals surface area contributed by atoms with Crippen molar-refractivity contribution >= 4 is 37.8 Å². The van der Waals surface area contributed by atoms with Crippen molar-refractivity contribution in [1.29, 1.82) is 0 Å². The zero-order valence-corrected chi connectivity index (χ0v) is 14.6. The first-order chi connectivity index (χ1) is 9.58. The number of hydrogen-bond donors (Lipinski definition) is 2. The van der Waals surface area contributed by atoms with Gasteiger partial charge in [-0.25, -0.2) is 0 Å². The van der Waals surface area contributed by atoms with Gasteiger partial charge in [0.1, 0.15) is 5.75 Å². The Bertz CT molecular complexity index is 432. The van der Waals surface area contributed by atoms with Crippen molar-refractivity contribution in [2.45, 2.75) is 6.54 Å². The highest BCUT2D eigenvalue weighted by molar-refractivity contribution is 9.11. The number of halogens is 2. The molecule has 0 aromatic heterocycles. The number of carbonyl (C=O) groups excluding carboxylic acids is 1. The van der Waals surface area contributed by atoms with Gasteiger partial charge in [0.25, 0.3) is 5.91 Å². The molecule has 1 amide bonds. The molecule has 5 nitrogen and oxygen atoms in total. The van der Waals surface area contributed by atoms with Crippen LogP contribution in [0.25, 0.3) is 0 Å². The summed E-state index contributed by atoms with van der Waals surface area (Å²) in [7, 11) is 3.47. The van der Waals surface area contributed by atoms with Gasteiger partial charge in [-0.3, -0.25) is 4.79 Å². The molecule has 0 fully saturated rings. The van der Waals surface area contributed by atoms with Gasteiger partial charge in [-0.1, -0.05) is 0 Å². The van der Waals surface area contributed by atoms with Gasteiger partial charge in [-0.2, -0.15) is 0 Å². The molecule has 1 rings (SSSR count). The number of amides is 1. The normalized spacial score (nSPS) is 10.4. The molecule has 2 N–H and O–H groups in total. The maximum absolute atomic E-state index is 11.6. The fourth-order valence-electron chi connectivity index (χ4n) is 1.54. The van der Waals surface area contributed by atoms with E-state index in [4.69, 9.17) is 9.47 Å². The average Bonchev–Trinajstić information content (AvgIpc) is 2.38. The molecule has 1 aromatic carbocycles. The second-order valence-electron chi connectivity index (χ2n) is 4.05. The van der Waals surface area contributed by atoms with Crippen LogP contribution < -0.4 is 15.4 Å². The van der Waals surface area contributed by atoms with Crippen molar-refractivity contribution in [3.8, 4) is 5.75 Å². The highest BCUT2D eigenvalue weighted by atomic mass is 79.9. The quantitative estimate of drug-likeness (QED) is 0.645. The van der Waals surface area contributed by atoms with Crippen LogP contribution in [0.15, 0.2) is 21.1 Å². The number of benzene rings is 1. The van der Waals surface area contributed by atoms with Crippen LogP contribution >= 0.6 is 31.9 Å². The van der Waals surface area contributed by atoms with Crippen molar-refractivity contribution in [2.24, 2.45) is 0 Å². The molecule has 1 aromatic rings. The van der Waals surface area contributed by atoms with Gasteiger partial charge in [0.05, 0.1) is 15.6 Å². The molecule has 0 spiro atoms. The van der Waals surface area contributed by atoms with E-state index >= 15 is 0 Å². The highest BCUT2D eigenvalue weighted by Crippen LogP contribution is 2.34. The minimum atomic E-state index is -0.180. The van der Waals surface area contributed by atoms with Gasteiger partial charge in [0, 0.05) is 20.2 Å². The van der Waals surface area contributed by atoms with E-state index in [1.807, 2.05) is 19.2 Å². The van der Waals surface area contributed by atoms with Crippen LogP contribution in [0, 0.1) is 0 Å². The number of nitrogens with one attached hydrogen (secondary N) is 2. The van der Waals surface area contributed by atoms with E-state index in [-0.39, 0.29) is 12.5 Å². The SMILES string of the molecule is CNCc1cc(Br)c(OCC(=O)NCCOC)c(Br)c1. The van der Waals surface area contributed by atoms with E-state index in [0.717, 1.165) is 21.1 Å². The molecule has 0 atom stereocenters. The second kappa shape index (κ2) is 9.33. The van der Waals surface area contributed by atoms with E-state index < -0.39 is 0 Å². The summed E-state index contributed by atoms with van der Waals surface area (Å²) in [5.74, 6) is 0.437. The molecule has 0 unspecified atom stereocenters. The van der Waals surface area contributed by atoms with Gasteiger partial charge in [-0.15, -0.1) is 0 Å². The zero-order valence-electron chi connectivity index (χ0n) is 11.5. The molecule has 0 heterocycles. The van der Waals surface area contributed by atoms with Crippen LogP contribution in [0.3, 0.4) is 0 Å². The Kier molecular flexibility index (Phi) is 8.13. The molecular formula is C13H18Br2N2O3. The third kappa shape index (κ3) is 5.78. The van der Waals surface area contributed by atoms with Crippen molar-refractivity contribution in [1.82, 2.24) is 10.6 Å². The van der Waals surface area contributed by atoms with Crippen LogP contribution in [0.4, 0.5) is 0 Å². The minimum absolute atomic E-state index is 0.0354. The van der Waals surface area contributed by atoms with E-state index in [1.165, 1.54) is 0 Å². The number of ether oxygens (including phenoxy) is 2. The summed E-state index contributed by atoms with van der Waals surface area (Å²) < 4.78 is 12.0. The van der Waals surface area contributed by atoms with Gasteiger partial charge in [0.2, 0.25) is 0 Å². The van der Waals surface area contributed by atoms with E-state index in [9.17, 15) is 4.79 Å². The first-order valence-electron chi connectivity index (χ1n) is 6.09. The Morgan fingerprint density at radius 1 is 1.30 bits per heavy atom. The predicted octanol–water partition coefficient (Wildman–Crippen LogP) is 2.07. The van der Waals surface area contributed by atoms with Crippen LogP contribution in [0.1, 0.15) is 5.56 Å². The minimum Gasteiger partial charge on any atom is -0.481 e. The Morgan fingerprint density at radius 3 is 2.50 bits per heavy atom. The van der Waals surface area contributed by atoms with Crippen LogP contribution in [0.2, 0.25) is 0 Å². The zero-order chi connectivity index (χ0) is 15.0. The summed E-state index contributed by atoms with van der Waals surface area (Å²) in [5, 5.41) is 5.77. The van der Waals surface area contributed by atoms with E-state index in [2.05, 4.69) is 42.5 Å². The smallest absolute Gasteiger partial charge is 0.258 e. The molecule has 0 saturated carbocycles. The summed E-state index contributed by atoms with van der Waals surface area (Å²) in [6, 6.07) is 3.92. The summed E-state index contributed by atoms with van der Waals surface area (Å²) in [5.41, 5.74) is 1.11. The lowest BCUT2D eigenvalue weighted by atomic mass is 10.2. The maximum Gasteiger partial charge on any atom is 0.258 e. The third-order valence-corrected chi connectivity index (χ3v) is 3.59. The molecular weight excluding hydrogens is 392 g/mol. The maximum atomic E-state index is 11.6. The molecule has 20 heavy (non-hydrogen) atoms. The van der Waals surface area contributed by atoms with Crippen molar-refractivity contribution in [2.75, 3.05) is 33.9 Å². The number of hydrogen-bond acceptors (Lipinski definition) is 4. The monoisotopic (exact) mass is 408 g/mol. The number of carbonyl (C=O) groups is 1. The Labute approximate surface area is 135 Å². The van der Waals surface area contributed by atoms with E-state index in [0.29, 0.717) is 18.9 Å². The molecule has 0 aliphatic rings. The summed E-state index contributed by atoms with van der Waals surface area (Å²) in [4.78, 5) is 11.6. The first kappa shape index (κ1) is 17.4. The Hall–Kier alpha value is -0.630. The highest BCUT2D eigenvalue weighted by Gasteiger charge is 2.11. The summed E-state index contributed by atoms with van der Waals surface area (Å²) in [6.45, 7) is 1.68. The molecule has 0 aliphatic heterocycles. The Morgan fingerprint density at radius 2 is 1.95 bits per heavy atom. The molecule has 7 heteroatoms. The fourth-order valence-corrected chi connectivity index (χ4v) is 3.05. The van der Waals surface area contributed by atoms with Crippen molar-refractivity contribution in [3.05, 3.63) is 26.6 Å². The average molecular weight is 410 g/mol. The standard InChI is InChI=1S/C13H18Br2N2O3/c1-16-7-9-5-10(14)13(11(15)6-9)20-8-12(18)17-3-4-19-2/h5-6,16H,3-4,7-8H2,1-2H3,(H,17,18). The van der Waals surface area contributed by atoms with Gasteiger partial charge in [0.15, 0.2) is 6.61 Å². The lowest BCUT2D eigenvalue weighted by Gasteiger charge is -2.12. The second-order valence-corrected chi connectivity index (χ2v) is 5.76. The van der Waals surface area contributed by atoms with E-state index in [1.54, 1.807) is 7.11 Å². The molecule has 0 aliphatic carbocycles. The molecule has 0 bridgehead atoms. The van der Waals surface area contributed by atoms with Gasteiger partial charge in [-0.05, 0) is 56.6 Å². The topological polar surface area (TPSA) is 59.6 Å². The van der Waals surface area contributed by atoms with Gasteiger partial charge < -0.3 is 20.1 Å². The third-order valence-electron chi connectivity index (χ3n) is 2.41. The molecule has 112 valence electrons. The van der Waals surface area contributed by atoms with Gasteiger partial charge >= 0.3 is 0 Å². The Balaban J connectivity index is 2.57. The number of methoxy groups -OCH3 is 1.